The lowest BCUT2D eigenvalue weighted by Gasteiger charge is -2.33. The third-order valence-corrected chi connectivity index (χ3v) is 8.71. The van der Waals surface area contributed by atoms with Gasteiger partial charge in [0.15, 0.2) is 12.1 Å². The van der Waals surface area contributed by atoms with Crippen molar-refractivity contribution in [1.29, 1.82) is 0 Å². The normalized spacial score (nSPS) is 24.9. The summed E-state index contributed by atoms with van der Waals surface area (Å²) in [6.45, 7) is 8.16. The molecule has 3 unspecified atom stereocenters. The summed E-state index contributed by atoms with van der Waals surface area (Å²) in [6, 6.07) is 21.5. The molecule has 3 aromatic rings. The summed E-state index contributed by atoms with van der Waals surface area (Å²) < 4.78 is 29.9. The molecule has 0 bridgehead atoms. The van der Waals surface area contributed by atoms with Gasteiger partial charge in [-0.05, 0) is 92.2 Å². The lowest BCUT2D eigenvalue weighted by molar-refractivity contribution is -0.105. The molecule has 3 aliphatic heterocycles. The number of methoxy groups -OCH3 is 1. The molecule has 0 radical (unpaired) electrons. The predicted molar refractivity (Wildman–Crippen MR) is 161 cm³/mol. The fourth-order valence-electron chi connectivity index (χ4n) is 6.18. The molecule has 3 heterocycles. The fourth-order valence-corrected chi connectivity index (χ4v) is 6.18. The van der Waals surface area contributed by atoms with Crippen LogP contribution in [-0.2, 0) is 4.74 Å². The molecule has 0 aliphatic carbocycles. The summed E-state index contributed by atoms with van der Waals surface area (Å²) in [4.78, 5) is 16.5. The molecule has 0 saturated carbocycles. The maximum atomic E-state index is 14.0. The highest BCUT2D eigenvalue weighted by Gasteiger charge is 2.39. The Hall–Kier alpha value is -3.55. The third kappa shape index (κ3) is 6.27. The van der Waals surface area contributed by atoms with Gasteiger partial charge in [0, 0.05) is 19.0 Å². The van der Waals surface area contributed by atoms with Crippen LogP contribution in [0.4, 0.5) is 0 Å². The minimum Gasteiger partial charge on any atom is -0.497 e. The first-order valence-electron chi connectivity index (χ1n) is 15.2. The maximum Gasteiger partial charge on any atom is 0.199 e. The molecule has 0 aromatic heterocycles. The number of benzene rings is 3. The molecule has 3 aliphatic rings. The summed E-state index contributed by atoms with van der Waals surface area (Å²) in [5.41, 5.74) is 2.31. The van der Waals surface area contributed by atoms with Gasteiger partial charge in [-0.1, -0.05) is 31.2 Å². The zero-order valence-corrected chi connectivity index (χ0v) is 24.8. The topological polar surface area (TPSA) is 66.5 Å². The summed E-state index contributed by atoms with van der Waals surface area (Å²) in [7, 11) is 1.60. The Balaban J connectivity index is 1.22. The number of nitrogens with zero attached hydrogens (tertiary/aromatic N) is 1. The summed E-state index contributed by atoms with van der Waals surface area (Å²) in [5, 5.41) is 0. The van der Waals surface area contributed by atoms with E-state index in [4.69, 9.17) is 23.7 Å². The van der Waals surface area contributed by atoms with E-state index in [-0.39, 0.29) is 12.1 Å². The van der Waals surface area contributed by atoms with Gasteiger partial charge in [-0.3, -0.25) is 9.69 Å². The van der Waals surface area contributed by atoms with Crippen LogP contribution in [0.2, 0.25) is 0 Å². The third-order valence-electron chi connectivity index (χ3n) is 8.71. The first-order chi connectivity index (χ1) is 20.5. The molecule has 42 heavy (non-hydrogen) atoms. The highest BCUT2D eigenvalue weighted by molar-refractivity contribution is 6.05. The minimum absolute atomic E-state index is 0.00146. The van der Waals surface area contributed by atoms with E-state index in [1.165, 1.54) is 6.42 Å². The zero-order chi connectivity index (χ0) is 29.1. The first-order valence-corrected chi connectivity index (χ1v) is 15.2. The Bertz CT molecular complexity index is 1350. The Labute approximate surface area is 248 Å². The van der Waals surface area contributed by atoms with E-state index < -0.39 is 12.0 Å². The summed E-state index contributed by atoms with van der Waals surface area (Å²) in [5.74, 6) is 2.94. The van der Waals surface area contributed by atoms with Gasteiger partial charge in [0.25, 0.3) is 0 Å². The van der Waals surface area contributed by atoms with Gasteiger partial charge in [0.2, 0.25) is 0 Å². The van der Waals surface area contributed by atoms with Crippen molar-refractivity contribution < 1.29 is 28.5 Å². The zero-order valence-electron chi connectivity index (χ0n) is 24.8. The molecule has 3 aromatic carbocycles. The monoisotopic (exact) mass is 571 g/mol. The SMILES string of the molecule is COc1ccc2c(c1)C(=O)C(c1ccc(OC3CCCCO3)cc1)C(c1ccc(OC[C@H](C)N3CC[C@@H](C)C3)cc1)O2. The van der Waals surface area contributed by atoms with Crippen molar-refractivity contribution in [2.24, 2.45) is 5.92 Å². The van der Waals surface area contributed by atoms with Gasteiger partial charge in [-0.15, -0.1) is 0 Å². The van der Waals surface area contributed by atoms with Crippen molar-refractivity contribution in [3.8, 4) is 23.0 Å². The molecule has 2 saturated heterocycles. The lowest BCUT2D eigenvalue weighted by atomic mass is 9.81. The second-order valence-corrected chi connectivity index (χ2v) is 11.8. The van der Waals surface area contributed by atoms with Gasteiger partial charge < -0.3 is 23.7 Å². The van der Waals surface area contributed by atoms with Gasteiger partial charge in [-0.2, -0.15) is 0 Å². The van der Waals surface area contributed by atoms with E-state index in [9.17, 15) is 4.79 Å². The number of fused-ring (bicyclic) bond motifs is 1. The Morgan fingerprint density at radius 2 is 1.67 bits per heavy atom. The fraction of sp³-hybridized carbons (Fsp3) is 0.457. The van der Waals surface area contributed by atoms with Crippen molar-refractivity contribution in [3.63, 3.8) is 0 Å². The number of rotatable bonds is 9. The van der Waals surface area contributed by atoms with Crippen LogP contribution in [0, 0.1) is 5.92 Å². The van der Waals surface area contributed by atoms with Crippen LogP contribution in [0.25, 0.3) is 0 Å². The van der Waals surface area contributed by atoms with Crippen molar-refractivity contribution >= 4 is 5.78 Å². The number of ketones is 1. The average molecular weight is 572 g/mol. The summed E-state index contributed by atoms with van der Waals surface area (Å²) >= 11 is 0. The van der Waals surface area contributed by atoms with Crippen molar-refractivity contribution in [2.45, 2.75) is 63.9 Å². The molecular weight excluding hydrogens is 530 g/mol. The number of carbonyl (C=O) groups excluding carboxylic acids is 1. The van der Waals surface area contributed by atoms with Gasteiger partial charge >= 0.3 is 0 Å². The van der Waals surface area contributed by atoms with E-state index in [0.717, 1.165) is 67.5 Å². The molecule has 5 atom stereocenters. The van der Waals surface area contributed by atoms with Gasteiger partial charge in [0.05, 0.1) is 25.2 Å². The molecule has 7 heteroatoms. The molecule has 6 rings (SSSR count). The number of hydrogen-bond acceptors (Lipinski definition) is 7. The molecule has 0 N–H and O–H groups in total. The largest absolute Gasteiger partial charge is 0.497 e. The van der Waals surface area contributed by atoms with Crippen molar-refractivity contribution in [1.82, 2.24) is 4.90 Å². The van der Waals surface area contributed by atoms with Crippen LogP contribution in [0.3, 0.4) is 0 Å². The molecule has 7 nitrogen and oxygen atoms in total. The molecular formula is C35H41NO6. The lowest BCUT2D eigenvalue weighted by Crippen LogP contribution is -2.35. The quantitative estimate of drug-likeness (QED) is 0.280. The maximum absolute atomic E-state index is 14.0. The van der Waals surface area contributed by atoms with Gasteiger partial charge in [0.1, 0.15) is 35.7 Å². The average Bonchev–Trinajstić information content (AvgIpc) is 3.47. The Kier molecular flexibility index (Phi) is 8.68. The van der Waals surface area contributed by atoms with Crippen LogP contribution in [0.5, 0.6) is 23.0 Å². The molecule has 0 spiro atoms. The second kappa shape index (κ2) is 12.8. The highest BCUT2D eigenvalue weighted by Crippen LogP contribution is 2.45. The van der Waals surface area contributed by atoms with Crippen LogP contribution < -0.4 is 18.9 Å². The smallest absolute Gasteiger partial charge is 0.199 e. The van der Waals surface area contributed by atoms with E-state index in [1.807, 2.05) is 60.7 Å². The number of likely N-dealkylation sites (tertiary alicyclic amines) is 1. The van der Waals surface area contributed by atoms with Crippen LogP contribution in [0.1, 0.15) is 73.0 Å². The summed E-state index contributed by atoms with van der Waals surface area (Å²) in [6.07, 6.45) is 3.58. The molecule has 222 valence electrons. The highest BCUT2D eigenvalue weighted by atomic mass is 16.7. The van der Waals surface area contributed by atoms with Crippen LogP contribution >= 0.6 is 0 Å². The van der Waals surface area contributed by atoms with E-state index in [1.54, 1.807) is 13.2 Å². The number of hydrogen-bond donors (Lipinski definition) is 0. The minimum atomic E-state index is -0.534. The van der Waals surface area contributed by atoms with Gasteiger partial charge in [-0.25, -0.2) is 0 Å². The van der Waals surface area contributed by atoms with E-state index in [0.29, 0.717) is 29.7 Å². The standard InChI is InChI=1S/C35H41NO6/c1-23-17-18-36(21-23)24(2)22-40-27-11-9-26(10-12-27)35-33(34(37)30-20-29(38-3)15-16-31(30)42-35)25-7-13-28(14-8-25)41-32-6-4-5-19-39-32/h7-16,20,23-24,32-33,35H,4-6,17-19,21-22H2,1-3H3/t23-,24+,32?,33?,35?/m1/s1. The predicted octanol–water partition coefficient (Wildman–Crippen LogP) is 6.81. The molecule has 2 fully saturated rings. The van der Waals surface area contributed by atoms with E-state index in [2.05, 4.69) is 18.7 Å². The number of carbonyl (C=O) groups is 1. The van der Waals surface area contributed by atoms with Crippen LogP contribution in [-0.4, -0.2) is 56.4 Å². The van der Waals surface area contributed by atoms with Crippen LogP contribution in [0.15, 0.2) is 66.7 Å². The van der Waals surface area contributed by atoms with Crippen molar-refractivity contribution in [2.75, 3.05) is 33.4 Å². The van der Waals surface area contributed by atoms with E-state index >= 15 is 0 Å². The number of ether oxygens (including phenoxy) is 5. The second-order valence-electron chi connectivity index (χ2n) is 11.8. The Morgan fingerprint density at radius 3 is 2.36 bits per heavy atom. The Morgan fingerprint density at radius 1 is 0.929 bits per heavy atom. The van der Waals surface area contributed by atoms with Crippen molar-refractivity contribution in [3.05, 3.63) is 83.4 Å². The number of Topliss-reactive ketones (excluding diaryl/α,β-unsaturated/α-hetero) is 1. The first kappa shape index (κ1) is 28.6. The molecule has 0 amide bonds.